The number of likely N-dealkylation sites (N-methyl/N-ethyl adjacent to an activating group) is 1. The lowest BCUT2D eigenvalue weighted by Gasteiger charge is -2.17. The molecule has 4 nitrogen and oxygen atoms in total. The summed E-state index contributed by atoms with van der Waals surface area (Å²) in [5.41, 5.74) is 1.86. The molecule has 92 valence electrons. The first-order valence-electron chi connectivity index (χ1n) is 5.69. The molecule has 0 aliphatic rings. The van der Waals surface area contributed by atoms with Gasteiger partial charge < -0.3 is 20.1 Å². The molecule has 0 bridgehead atoms. The van der Waals surface area contributed by atoms with Gasteiger partial charge in [0, 0.05) is 25.3 Å². The topological polar surface area (TPSA) is 57.4 Å². The molecule has 1 heterocycles. The second-order valence-corrected chi connectivity index (χ2v) is 4.31. The maximum Gasteiger partial charge on any atom is 0.106 e. The summed E-state index contributed by atoms with van der Waals surface area (Å²) in [5.74, 6) is 0. The standard InChI is InChI=1S/C13H18N2O2/c1-14-8-12(16)13(17)10-3-4-11-9(7-10)5-6-15(11)2/h3-7,12-14,16-17H,8H2,1-2H3. The zero-order chi connectivity index (χ0) is 12.4. The third-order valence-electron chi connectivity index (χ3n) is 3.03. The van der Waals surface area contributed by atoms with Crippen LogP contribution in [0.4, 0.5) is 0 Å². The van der Waals surface area contributed by atoms with Gasteiger partial charge in [-0.3, -0.25) is 0 Å². The van der Waals surface area contributed by atoms with Gasteiger partial charge in [-0.25, -0.2) is 0 Å². The number of aryl methyl sites for hydroxylation is 1. The van der Waals surface area contributed by atoms with Crippen LogP contribution in [0.15, 0.2) is 30.5 Å². The minimum Gasteiger partial charge on any atom is -0.389 e. The van der Waals surface area contributed by atoms with Gasteiger partial charge in [-0.1, -0.05) is 6.07 Å². The van der Waals surface area contributed by atoms with E-state index in [1.54, 1.807) is 7.05 Å². The van der Waals surface area contributed by atoms with Crippen LogP contribution in [-0.2, 0) is 7.05 Å². The smallest absolute Gasteiger partial charge is 0.106 e. The van der Waals surface area contributed by atoms with E-state index >= 15 is 0 Å². The summed E-state index contributed by atoms with van der Waals surface area (Å²) in [5, 5.41) is 23.6. The lowest BCUT2D eigenvalue weighted by molar-refractivity contribution is 0.0203. The van der Waals surface area contributed by atoms with E-state index in [-0.39, 0.29) is 0 Å². The van der Waals surface area contributed by atoms with Crippen molar-refractivity contribution < 1.29 is 10.2 Å². The molecule has 0 aliphatic carbocycles. The fourth-order valence-corrected chi connectivity index (χ4v) is 2.03. The maximum atomic E-state index is 9.99. The van der Waals surface area contributed by atoms with Crippen molar-refractivity contribution in [3.63, 3.8) is 0 Å². The summed E-state index contributed by atoms with van der Waals surface area (Å²) in [4.78, 5) is 0. The zero-order valence-corrected chi connectivity index (χ0v) is 10.1. The predicted molar refractivity (Wildman–Crippen MR) is 67.8 cm³/mol. The quantitative estimate of drug-likeness (QED) is 0.733. The van der Waals surface area contributed by atoms with E-state index in [0.29, 0.717) is 6.54 Å². The molecule has 2 unspecified atom stereocenters. The normalized spacial score (nSPS) is 15.1. The molecule has 2 aromatic rings. The van der Waals surface area contributed by atoms with E-state index in [1.807, 2.05) is 42.1 Å². The summed E-state index contributed by atoms with van der Waals surface area (Å²) < 4.78 is 2.02. The molecule has 0 amide bonds. The fourth-order valence-electron chi connectivity index (χ4n) is 2.03. The van der Waals surface area contributed by atoms with Gasteiger partial charge >= 0.3 is 0 Å². The SMILES string of the molecule is CNCC(O)C(O)c1ccc2c(ccn2C)c1. The monoisotopic (exact) mass is 234 g/mol. The molecule has 1 aromatic carbocycles. The molecule has 17 heavy (non-hydrogen) atoms. The van der Waals surface area contributed by atoms with E-state index in [0.717, 1.165) is 16.5 Å². The van der Waals surface area contributed by atoms with E-state index in [2.05, 4.69) is 5.32 Å². The van der Waals surface area contributed by atoms with Gasteiger partial charge in [0.05, 0.1) is 6.10 Å². The first-order valence-corrected chi connectivity index (χ1v) is 5.69. The van der Waals surface area contributed by atoms with Gasteiger partial charge in [-0.2, -0.15) is 0 Å². The minimum absolute atomic E-state index is 0.369. The Morgan fingerprint density at radius 2 is 2.06 bits per heavy atom. The highest BCUT2D eigenvalue weighted by Gasteiger charge is 2.17. The van der Waals surface area contributed by atoms with Crippen molar-refractivity contribution in [2.24, 2.45) is 7.05 Å². The summed E-state index contributed by atoms with van der Waals surface area (Å²) in [6.45, 7) is 0.369. The van der Waals surface area contributed by atoms with Crippen LogP contribution in [0, 0.1) is 0 Å². The summed E-state index contributed by atoms with van der Waals surface area (Å²) in [7, 11) is 3.73. The van der Waals surface area contributed by atoms with Crippen LogP contribution < -0.4 is 5.32 Å². The van der Waals surface area contributed by atoms with Crippen LogP contribution in [0.2, 0.25) is 0 Å². The van der Waals surface area contributed by atoms with Crippen molar-refractivity contribution in [3.8, 4) is 0 Å². The zero-order valence-electron chi connectivity index (χ0n) is 10.1. The van der Waals surface area contributed by atoms with Gasteiger partial charge in [0.2, 0.25) is 0 Å². The van der Waals surface area contributed by atoms with Gasteiger partial charge in [-0.15, -0.1) is 0 Å². The number of hydrogen-bond donors (Lipinski definition) is 3. The molecule has 3 N–H and O–H groups in total. The fraction of sp³-hybridized carbons (Fsp3) is 0.385. The average molecular weight is 234 g/mol. The van der Waals surface area contributed by atoms with Crippen molar-refractivity contribution in [1.29, 1.82) is 0 Å². The van der Waals surface area contributed by atoms with E-state index in [4.69, 9.17) is 0 Å². The second kappa shape index (κ2) is 4.87. The number of nitrogens with zero attached hydrogens (tertiary/aromatic N) is 1. The molecule has 0 saturated carbocycles. The van der Waals surface area contributed by atoms with Crippen LogP contribution in [0.3, 0.4) is 0 Å². The van der Waals surface area contributed by atoms with Crippen LogP contribution in [-0.4, -0.2) is 34.5 Å². The number of aliphatic hydroxyl groups is 2. The molecule has 0 fully saturated rings. The first kappa shape index (κ1) is 12.1. The highest BCUT2D eigenvalue weighted by atomic mass is 16.3. The minimum atomic E-state index is -0.855. The van der Waals surface area contributed by atoms with Gasteiger partial charge in [-0.05, 0) is 36.2 Å². The summed E-state index contributed by atoms with van der Waals surface area (Å²) >= 11 is 0. The van der Waals surface area contributed by atoms with Crippen LogP contribution in [0.1, 0.15) is 11.7 Å². The Balaban J connectivity index is 2.29. The van der Waals surface area contributed by atoms with E-state index < -0.39 is 12.2 Å². The third-order valence-corrected chi connectivity index (χ3v) is 3.03. The lowest BCUT2D eigenvalue weighted by atomic mass is 10.0. The van der Waals surface area contributed by atoms with E-state index in [1.165, 1.54) is 0 Å². The van der Waals surface area contributed by atoms with Gasteiger partial charge in [0.25, 0.3) is 0 Å². The molecular weight excluding hydrogens is 216 g/mol. The van der Waals surface area contributed by atoms with Crippen molar-refractivity contribution in [2.45, 2.75) is 12.2 Å². The highest BCUT2D eigenvalue weighted by Crippen LogP contribution is 2.22. The first-order chi connectivity index (χ1) is 8.13. The summed E-state index contributed by atoms with van der Waals surface area (Å²) in [6.07, 6.45) is 0.332. The molecule has 2 atom stereocenters. The maximum absolute atomic E-state index is 9.99. The lowest BCUT2D eigenvalue weighted by Crippen LogP contribution is -2.29. The average Bonchev–Trinajstić information content (AvgIpc) is 2.70. The number of aromatic nitrogens is 1. The number of rotatable bonds is 4. The Bertz CT molecular complexity index is 507. The molecule has 0 spiro atoms. The number of aliphatic hydroxyl groups excluding tert-OH is 2. The summed E-state index contributed by atoms with van der Waals surface area (Å²) in [6, 6.07) is 7.72. The number of benzene rings is 1. The Kier molecular flexibility index (Phi) is 3.47. The Hall–Kier alpha value is -1.36. The van der Waals surface area contributed by atoms with Crippen molar-refractivity contribution in [2.75, 3.05) is 13.6 Å². The molecule has 1 aromatic heterocycles. The number of hydrogen-bond acceptors (Lipinski definition) is 3. The Morgan fingerprint density at radius 1 is 1.29 bits per heavy atom. The van der Waals surface area contributed by atoms with Crippen molar-refractivity contribution >= 4 is 10.9 Å². The van der Waals surface area contributed by atoms with Crippen LogP contribution >= 0.6 is 0 Å². The molecule has 2 rings (SSSR count). The number of fused-ring (bicyclic) bond motifs is 1. The number of nitrogens with one attached hydrogen (secondary N) is 1. The second-order valence-electron chi connectivity index (χ2n) is 4.31. The molecule has 4 heteroatoms. The molecule has 0 radical (unpaired) electrons. The van der Waals surface area contributed by atoms with Crippen molar-refractivity contribution in [1.82, 2.24) is 9.88 Å². The van der Waals surface area contributed by atoms with Crippen LogP contribution in [0.5, 0.6) is 0 Å². The van der Waals surface area contributed by atoms with Crippen LogP contribution in [0.25, 0.3) is 10.9 Å². The van der Waals surface area contributed by atoms with Crippen molar-refractivity contribution in [3.05, 3.63) is 36.0 Å². The molecule has 0 saturated heterocycles. The Labute approximate surface area is 100 Å². The van der Waals surface area contributed by atoms with Gasteiger partial charge in [0.15, 0.2) is 0 Å². The van der Waals surface area contributed by atoms with Gasteiger partial charge in [0.1, 0.15) is 6.10 Å². The molecule has 0 aliphatic heterocycles. The Morgan fingerprint density at radius 3 is 2.76 bits per heavy atom. The predicted octanol–water partition coefficient (Wildman–Crippen LogP) is 0.792. The largest absolute Gasteiger partial charge is 0.389 e. The third kappa shape index (κ3) is 2.34. The highest BCUT2D eigenvalue weighted by molar-refractivity contribution is 5.80. The van der Waals surface area contributed by atoms with E-state index in [9.17, 15) is 10.2 Å². The molecular formula is C13H18N2O2.